The van der Waals surface area contributed by atoms with Crippen molar-refractivity contribution < 1.29 is 19.0 Å². The Hall–Kier alpha value is -2.40. The quantitative estimate of drug-likeness (QED) is 0.690. The van der Waals surface area contributed by atoms with Crippen molar-refractivity contribution in [1.82, 2.24) is 5.32 Å². The lowest BCUT2D eigenvalue weighted by Gasteiger charge is -2.17. The third-order valence-corrected chi connectivity index (χ3v) is 3.74. The van der Waals surface area contributed by atoms with Crippen molar-refractivity contribution in [2.24, 2.45) is 0 Å². The molecule has 2 aromatic carbocycles. The highest BCUT2D eigenvalue weighted by atomic mass is 35.5. The summed E-state index contributed by atoms with van der Waals surface area (Å²) >= 11 is 5.84. The standard InChI is InChI=1S/C19H22ClNO4/c1-3-18(25-17-6-4-14(20)5-7-17)19(22)21-12-13-24-16-10-8-15(23-2)9-11-16/h4-11,18H,3,12-13H2,1-2H3,(H,21,22)/t18-/m1/s1. The number of benzene rings is 2. The average Bonchev–Trinajstić information content (AvgIpc) is 2.65. The van der Waals surface area contributed by atoms with Crippen molar-refractivity contribution in [3.8, 4) is 17.2 Å². The molecular formula is C19H22ClNO4. The number of hydrogen-bond acceptors (Lipinski definition) is 4. The van der Waals surface area contributed by atoms with E-state index in [1.807, 2.05) is 31.2 Å². The number of rotatable bonds is 9. The maximum atomic E-state index is 12.2. The predicted molar refractivity (Wildman–Crippen MR) is 97.7 cm³/mol. The van der Waals surface area contributed by atoms with Gasteiger partial charge in [-0.15, -0.1) is 0 Å². The second-order valence-corrected chi connectivity index (χ2v) is 5.72. The van der Waals surface area contributed by atoms with Crippen LogP contribution in [0.5, 0.6) is 17.2 Å². The van der Waals surface area contributed by atoms with Crippen molar-refractivity contribution in [2.75, 3.05) is 20.3 Å². The topological polar surface area (TPSA) is 56.8 Å². The van der Waals surface area contributed by atoms with Crippen LogP contribution in [-0.2, 0) is 4.79 Å². The molecule has 134 valence electrons. The van der Waals surface area contributed by atoms with Crippen LogP contribution in [0.2, 0.25) is 5.02 Å². The summed E-state index contributed by atoms with van der Waals surface area (Å²) in [5, 5.41) is 3.44. The third-order valence-electron chi connectivity index (χ3n) is 3.48. The molecule has 0 radical (unpaired) electrons. The van der Waals surface area contributed by atoms with Crippen LogP contribution < -0.4 is 19.5 Å². The van der Waals surface area contributed by atoms with Gasteiger partial charge < -0.3 is 19.5 Å². The van der Waals surface area contributed by atoms with Gasteiger partial charge in [-0.25, -0.2) is 0 Å². The summed E-state index contributed by atoms with van der Waals surface area (Å²) in [6, 6.07) is 14.2. The van der Waals surface area contributed by atoms with E-state index in [1.54, 1.807) is 31.4 Å². The molecular weight excluding hydrogens is 342 g/mol. The van der Waals surface area contributed by atoms with Crippen LogP contribution in [-0.4, -0.2) is 32.3 Å². The SMILES string of the molecule is CC[C@@H](Oc1ccc(Cl)cc1)C(=O)NCCOc1ccc(OC)cc1. The molecule has 0 heterocycles. The molecule has 0 spiro atoms. The van der Waals surface area contributed by atoms with Gasteiger partial charge in [-0.3, -0.25) is 4.79 Å². The van der Waals surface area contributed by atoms with Crippen molar-refractivity contribution in [1.29, 1.82) is 0 Å². The Morgan fingerprint density at radius 3 is 2.24 bits per heavy atom. The number of carbonyl (C=O) groups is 1. The van der Waals surface area contributed by atoms with Gasteiger partial charge in [-0.2, -0.15) is 0 Å². The van der Waals surface area contributed by atoms with E-state index in [1.165, 1.54) is 0 Å². The molecule has 25 heavy (non-hydrogen) atoms. The molecule has 1 atom stereocenters. The molecule has 0 unspecified atom stereocenters. The van der Waals surface area contributed by atoms with Crippen LogP contribution in [0.3, 0.4) is 0 Å². The molecule has 0 saturated carbocycles. The van der Waals surface area contributed by atoms with Crippen LogP contribution in [0.15, 0.2) is 48.5 Å². The van der Waals surface area contributed by atoms with E-state index < -0.39 is 6.10 Å². The van der Waals surface area contributed by atoms with E-state index in [0.717, 1.165) is 11.5 Å². The molecule has 1 amide bonds. The fourth-order valence-corrected chi connectivity index (χ4v) is 2.25. The van der Waals surface area contributed by atoms with Gasteiger partial charge >= 0.3 is 0 Å². The second kappa shape index (κ2) is 9.79. The zero-order valence-electron chi connectivity index (χ0n) is 14.3. The fraction of sp³-hybridized carbons (Fsp3) is 0.316. The second-order valence-electron chi connectivity index (χ2n) is 5.28. The van der Waals surface area contributed by atoms with Crippen LogP contribution in [0.1, 0.15) is 13.3 Å². The van der Waals surface area contributed by atoms with Gasteiger partial charge in [0.25, 0.3) is 5.91 Å². The number of carbonyl (C=O) groups excluding carboxylic acids is 1. The Morgan fingerprint density at radius 2 is 1.64 bits per heavy atom. The van der Waals surface area contributed by atoms with E-state index in [0.29, 0.717) is 30.3 Å². The van der Waals surface area contributed by atoms with E-state index in [4.69, 9.17) is 25.8 Å². The number of halogens is 1. The highest BCUT2D eigenvalue weighted by Crippen LogP contribution is 2.18. The molecule has 2 aromatic rings. The third kappa shape index (κ3) is 6.19. The molecule has 1 N–H and O–H groups in total. The Morgan fingerprint density at radius 1 is 1.04 bits per heavy atom. The number of hydrogen-bond donors (Lipinski definition) is 1. The van der Waals surface area contributed by atoms with Gasteiger partial charge in [-0.05, 0) is 55.0 Å². The number of methoxy groups -OCH3 is 1. The van der Waals surface area contributed by atoms with Crippen molar-refractivity contribution in [3.05, 3.63) is 53.6 Å². The number of ether oxygens (including phenoxy) is 3. The lowest BCUT2D eigenvalue weighted by Crippen LogP contribution is -2.39. The zero-order valence-corrected chi connectivity index (χ0v) is 15.1. The van der Waals surface area contributed by atoms with Crippen LogP contribution in [0.25, 0.3) is 0 Å². The van der Waals surface area contributed by atoms with Crippen LogP contribution in [0, 0.1) is 0 Å². The molecule has 0 bridgehead atoms. The van der Waals surface area contributed by atoms with Crippen molar-refractivity contribution in [3.63, 3.8) is 0 Å². The molecule has 0 aromatic heterocycles. The van der Waals surface area contributed by atoms with E-state index in [2.05, 4.69) is 5.32 Å². The van der Waals surface area contributed by atoms with Gasteiger partial charge in [0.05, 0.1) is 13.7 Å². The largest absolute Gasteiger partial charge is 0.497 e. The maximum Gasteiger partial charge on any atom is 0.261 e. The Balaban J connectivity index is 1.74. The highest BCUT2D eigenvalue weighted by molar-refractivity contribution is 6.30. The number of nitrogens with one attached hydrogen (secondary N) is 1. The lowest BCUT2D eigenvalue weighted by molar-refractivity contribution is -0.128. The lowest BCUT2D eigenvalue weighted by atomic mass is 10.2. The molecule has 2 rings (SSSR count). The minimum absolute atomic E-state index is 0.171. The maximum absolute atomic E-state index is 12.2. The van der Waals surface area contributed by atoms with E-state index in [9.17, 15) is 4.79 Å². The normalized spacial score (nSPS) is 11.5. The first kappa shape index (κ1) is 18.9. The van der Waals surface area contributed by atoms with E-state index >= 15 is 0 Å². The van der Waals surface area contributed by atoms with Gasteiger partial charge in [0, 0.05) is 5.02 Å². The molecule has 0 aliphatic carbocycles. The fourth-order valence-electron chi connectivity index (χ4n) is 2.13. The summed E-state index contributed by atoms with van der Waals surface area (Å²) in [5.74, 6) is 1.93. The summed E-state index contributed by atoms with van der Waals surface area (Å²) in [5.41, 5.74) is 0. The van der Waals surface area contributed by atoms with Crippen LogP contribution in [0.4, 0.5) is 0 Å². The van der Waals surface area contributed by atoms with Gasteiger partial charge in [0.2, 0.25) is 0 Å². The highest BCUT2D eigenvalue weighted by Gasteiger charge is 2.17. The van der Waals surface area contributed by atoms with Gasteiger partial charge in [0.1, 0.15) is 23.9 Å². The summed E-state index contributed by atoms with van der Waals surface area (Å²) in [6.45, 7) is 2.66. The summed E-state index contributed by atoms with van der Waals surface area (Å²) in [6.07, 6.45) is 0.00974. The van der Waals surface area contributed by atoms with Gasteiger partial charge in [0.15, 0.2) is 6.10 Å². The first-order chi connectivity index (χ1) is 12.1. The Kier molecular flexibility index (Phi) is 7.41. The van der Waals surface area contributed by atoms with Crippen LogP contribution >= 0.6 is 11.6 Å². The van der Waals surface area contributed by atoms with Gasteiger partial charge in [-0.1, -0.05) is 18.5 Å². The molecule has 6 heteroatoms. The monoisotopic (exact) mass is 363 g/mol. The zero-order chi connectivity index (χ0) is 18.1. The molecule has 0 fully saturated rings. The van der Waals surface area contributed by atoms with Crippen molar-refractivity contribution in [2.45, 2.75) is 19.4 Å². The summed E-state index contributed by atoms with van der Waals surface area (Å²) in [7, 11) is 1.61. The first-order valence-electron chi connectivity index (χ1n) is 8.09. The smallest absolute Gasteiger partial charge is 0.261 e. The number of amides is 1. The first-order valence-corrected chi connectivity index (χ1v) is 8.47. The van der Waals surface area contributed by atoms with E-state index in [-0.39, 0.29) is 5.91 Å². The summed E-state index contributed by atoms with van der Waals surface area (Å²) in [4.78, 5) is 12.2. The molecule has 0 aliphatic heterocycles. The molecule has 5 nitrogen and oxygen atoms in total. The summed E-state index contributed by atoms with van der Waals surface area (Å²) < 4.78 is 16.4. The molecule has 0 aliphatic rings. The average molecular weight is 364 g/mol. The Labute approximate surface area is 152 Å². The molecule has 0 saturated heterocycles. The predicted octanol–water partition coefficient (Wildman–Crippen LogP) is 3.70. The van der Waals surface area contributed by atoms with Crippen molar-refractivity contribution >= 4 is 17.5 Å². The minimum Gasteiger partial charge on any atom is -0.497 e. The minimum atomic E-state index is -0.554. The Bertz CT molecular complexity index is 658.